The number of fused-ring (bicyclic) bond motifs is 1. The number of hydrogen-bond donors (Lipinski definition) is 2. The molecule has 150 valence electrons. The first-order chi connectivity index (χ1) is 13.4. The van der Waals surface area contributed by atoms with Crippen LogP contribution in [0.4, 0.5) is 5.69 Å². The summed E-state index contributed by atoms with van der Waals surface area (Å²) >= 11 is 0. The lowest BCUT2D eigenvalue weighted by Crippen LogP contribution is -2.31. The molecule has 2 amide bonds. The van der Waals surface area contributed by atoms with Gasteiger partial charge in [0.25, 0.3) is 11.5 Å². The first kappa shape index (κ1) is 20.0. The van der Waals surface area contributed by atoms with Crippen molar-refractivity contribution in [2.75, 3.05) is 11.9 Å². The maximum Gasteiger partial charge on any atom is 0.281 e. The van der Waals surface area contributed by atoms with Crippen molar-refractivity contribution in [3.8, 4) is 0 Å². The zero-order chi connectivity index (χ0) is 20.1. The van der Waals surface area contributed by atoms with E-state index in [0.29, 0.717) is 30.1 Å². The number of amides is 2. The van der Waals surface area contributed by atoms with Crippen LogP contribution in [-0.4, -0.2) is 27.7 Å². The molecule has 0 bridgehead atoms. The Balaban J connectivity index is 1.75. The third-order valence-corrected chi connectivity index (χ3v) is 5.11. The van der Waals surface area contributed by atoms with Crippen LogP contribution in [0.15, 0.2) is 29.3 Å². The minimum absolute atomic E-state index is 0.114. The Hall–Kier alpha value is -2.70. The number of nitrogens with zero attached hydrogens (tertiary/aromatic N) is 2. The average Bonchev–Trinajstić information content (AvgIpc) is 2.68. The van der Waals surface area contributed by atoms with Crippen molar-refractivity contribution in [1.82, 2.24) is 14.7 Å². The predicted octanol–water partition coefficient (Wildman–Crippen LogP) is 2.99. The molecule has 0 atom stereocenters. The summed E-state index contributed by atoms with van der Waals surface area (Å²) in [6.07, 6.45) is 9.21. The molecule has 1 fully saturated rings. The molecule has 7 heteroatoms. The standard InChI is InChI=1S/C21H28N4O3/c1-14(2)10-19(26)24-17-12-22-18-9-8-16(13-25(18)21(17)28)20(27)23-11-15-6-4-3-5-7-15/h8-9,12-15H,3-7,10-11H2,1-2H3,(H,23,27)(H,24,26). The van der Waals surface area contributed by atoms with Gasteiger partial charge in [0.2, 0.25) is 5.91 Å². The highest BCUT2D eigenvalue weighted by molar-refractivity contribution is 5.94. The van der Waals surface area contributed by atoms with Gasteiger partial charge in [0.15, 0.2) is 0 Å². The highest BCUT2D eigenvalue weighted by atomic mass is 16.2. The van der Waals surface area contributed by atoms with E-state index in [1.807, 2.05) is 13.8 Å². The van der Waals surface area contributed by atoms with Crippen molar-refractivity contribution in [2.45, 2.75) is 52.4 Å². The Morgan fingerprint density at radius 1 is 1.21 bits per heavy atom. The molecule has 0 spiro atoms. The minimum atomic E-state index is -0.399. The minimum Gasteiger partial charge on any atom is -0.352 e. The molecule has 0 saturated heterocycles. The molecule has 3 rings (SSSR count). The second-order valence-corrected chi connectivity index (χ2v) is 7.98. The summed E-state index contributed by atoms with van der Waals surface area (Å²) < 4.78 is 1.31. The molecule has 7 nitrogen and oxygen atoms in total. The van der Waals surface area contributed by atoms with Crippen molar-refractivity contribution in [3.63, 3.8) is 0 Å². The highest BCUT2D eigenvalue weighted by Gasteiger charge is 2.16. The summed E-state index contributed by atoms with van der Waals surface area (Å²) in [5, 5.41) is 5.59. The Morgan fingerprint density at radius 3 is 2.68 bits per heavy atom. The first-order valence-electron chi connectivity index (χ1n) is 10.0. The quantitative estimate of drug-likeness (QED) is 0.801. The summed E-state index contributed by atoms with van der Waals surface area (Å²) in [7, 11) is 0. The van der Waals surface area contributed by atoms with E-state index in [1.54, 1.807) is 12.1 Å². The van der Waals surface area contributed by atoms with Gasteiger partial charge in [-0.1, -0.05) is 33.1 Å². The second-order valence-electron chi connectivity index (χ2n) is 7.98. The number of carbonyl (C=O) groups is 2. The van der Waals surface area contributed by atoms with Crippen molar-refractivity contribution < 1.29 is 9.59 Å². The predicted molar refractivity (Wildman–Crippen MR) is 108 cm³/mol. The van der Waals surface area contributed by atoms with Gasteiger partial charge in [-0.3, -0.25) is 18.8 Å². The summed E-state index contributed by atoms with van der Waals surface area (Å²) in [5.74, 6) is 0.296. The maximum absolute atomic E-state index is 12.7. The molecule has 0 radical (unpaired) electrons. The van der Waals surface area contributed by atoms with Gasteiger partial charge < -0.3 is 10.6 Å². The number of rotatable bonds is 6. The van der Waals surface area contributed by atoms with Gasteiger partial charge in [0.05, 0.1) is 11.8 Å². The molecule has 2 aromatic heterocycles. The largest absolute Gasteiger partial charge is 0.352 e. The van der Waals surface area contributed by atoms with E-state index >= 15 is 0 Å². The fourth-order valence-electron chi connectivity index (χ4n) is 3.60. The van der Waals surface area contributed by atoms with Crippen molar-refractivity contribution in [1.29, 1.82) is 0 Å². The number of pyridine rings is 1. The van der Waals surface area contributed by atoms with Gasteiger partial charge in [-0.05, 0) is 36.8 Å². The number of carbonyl (C=O) groups excluding carboxylic acids is 2. The normalized spacial score (nSPS) is 15.0. The van der Waals surface area contributed by atoms with Crippen LogP contribution in [0.1, 0.15) is 62.7 Å². The van der Waals surface area contributed by atoms with Crippen molar-refractivity contribution in [3.05, 3.63) is 40.4 Å². The molecule has 0 aliphatic heterocycles. The molecule has 0 aromatic carbocycles. The molecule has 2 aromatic rings. The van der Waals surface area contributed by atoms with Gasteiger partial charge in [-0.15, -0.1) is 0 Å². The van der Waals surface area contributed by atoms with Crippen LogP contribution in [0.25, 0.3) is 5.65 Å². The summed E-state index contributed by atoms with van der Waals surface area (Å²) in [4.78, 5) is 41.4. The molecule has 28 heavy (non-hydrogen) atoms. The molecule has 0 unspecified atom stereocenters. The van der Waals surface area contributed by atoms with E-state index < -0.39 is 5.56 Å². The Morgan fingerprint density at radius 2 is 1.96 bits per heavy atom. The lowest BCUT2D eigenvalue weighted by atomic mass is 9.89. The third kappa shape index (κ3) is 4.97. The Labute approximate surface area is 164 Å². The van der Waals surface area contributed by atoms with Gasteiger partial charge >= 0.3 is 0 Å². The van der Waals surface area contributed by atoms with Crippen LogP contribution >= 0.6 is 0 Å². The number of anilines is 1. The SMILES string of the molecule is CC(C)CC(=O)Nc1cnc2ccc(C(=O)NCC3CCCCC3)cn2c1=O. The van der Waals surface area contributed by atoms with Crippen molar-refractivity contribution in [2.24, 2.45) is 11.8 Å². The Kier molecular flexibility index (Phi) is 6.44. The molecule has 1 aliphatic carbocycles. The summed E-state index contributed by atoms with van der Waals surface area (Å²) in [5.41, 5.74) is 0.542. The van der Waals surface area contributed by atoms with E-state index in [9.17, 15) is 14.4 Å². The summed E-state index contributed by atoms with van der Waals surface area (Å²) in [6, 6.07) is 3.30. The Bertz CT molecular complexity index is 913. The molecule has 1 saturated carbocycles. The number of hydrogen-bond acceptors (Lipinski definition) is 4. The van der Waals surface area contributed by atoms with Crippen molar-refractivity contribution >= 4 is 23.1 Å². The fraction of sp³-hybridized carbons (Fsp3) is 0.524. The molecule has 2 N–H and O–H groups in total. The van der Waals surface area contributed by atoms with Crippen LogP contribution in [0.2, 0.25) is 0 Å². The van der Waals surface area contributed by atoms with E-state index in [4.69, 9.17) is 0 Å². The summed E-state index contributed by atoms with van der Waals surface area (Å²) in [6.45, 7) is 4.53. The zero-order valence-corrected chi connectivity index (χ0v) is 16.5. The van der Waals surface area contributed by atoms with Crippen LogP contribution in [0, 0.1) is 11.8 Å². The highest BCUT2D eigenvalue weighted by Crippen LogP contribution is 2.22. The van der Waals surface area contributed by atoms with E-state index in [0.717, 1.165) is 12.8 Å². The number of aromatic nitrogens is 2. The second kappa shape index (κ2) is 8.99. The van der Waals surface area contributed by atoms with Crippen LogP contribution < -0.4 is 16.2 Å². The smallest absolute Gasteiger partial charge is 0.281 e. The van der Waals surface area contributed by atoms with Crippen LogP contribution in [-0.2, 0) is 4.79 Å². The topological polar surface area (TPSA) is 92.6 Å². The van der Waals surface area contributed by atoms with Gasteiger partial charge in [-0.2, -0.15) is 0 Å². The van der Waals surface area contributed by atoms with Crippen LogP contribution in [0.3, 0.4) is 0 Å². The number of nitrogens with one attached hydrogen (secondary N) is 2. The molecule has 1 aliphatic rings. The maximum atomic E-state index is 12.7. The molecule has 2 heterocycles. The fourth-order valence-corrected chi connectivity index (χ4v) is 3.60. The van der Waals surface area contributed by atoms with Gasteiger partial charge in [0.1, 0.15) is 11.3 Å². The van der Waals surface area contributed by atoms with Gasteiger partial charge in [-0.25, -0.2) is 4.98 Å². The van der Waals surface area contributed by atoms with E-state index in [-0.39, 0.29) is 23.4 Å². The van der Waals surface area contributed by atoms with E-state index in [2.05, 4.69) is 15.6 Å². The van der Waals surface area contributed by atoms with Gasteiger partial charge in [0, 0.05) is 19.2 Å². The molecular formula is C21H28N4O3. The first-order valence-corrected chi connectivity index (χ1v) is 10.0. The monoisotopic (exact) mass is 384 g/mol. The third-order valence-electron chi connectivity index (χ3n) is 5.11. The van der Waals surface area contributed by atoms with Crippen LogP contribution in [0.5, 0.6) is 0 Å². The lowest BCUT2D eigenvalue weighted by molar-refractivity contribution is -0.116. The molecular weight excluding hydrogens is 356 g/mol. The average molecular weight is 384 g/mol. The zero-order valence-electron chi connectivity index (χ0n) is 16.5. The lowest BCUT2D eigenvalue weighted by Gasteiger charge is -2.21. The van der Waals surface area contributed by atoms with E-state index in [1.165, 1.54) is 36.1 Å².